The number of rotatable bonds is 8. The lowest BCUT2D eigenvalue weighted by molar-refractivity contribution is -0.132. The summed E-state index contributed by atoms with van der Waals surface area (Å²) < 4.78 is 5.23. The number of carbonyl (C=O) groups is 3. The smallest absolute Gasteiger partial charge is 0.251 e. The maximum absolute atomic E-state index is 12.2. The fraction of sp³-hybridized carbons (Fsp3) is 0.550. The summed E-state index contributed by atoms with van der Waals surface area (Å²) in [4.78, 5) is 38.1. The molecular weight excluding hydrogens is 378 g/mol. The van der Waals surface area contributed by atoms with Crippen LogP contribution < -0.4 is 10.6 Å². The first-order valence-electron chi connectivity index (χ1n) is 9.48. The van der Waals surface area contributed by atoms with E-state index in [2.05, 4.69) is 10.6 Å². The Balaban J connectivity index is 1.78. The van der Waals surface area contributed by atoms with Crippen LogP contribution in [0.25, 0.3) is 0 Å². The lowest BCUT2D eigenvalue weighted by Crippen LogP contribution is -2.41. The van der Waals surface area contributed by atoms with Crippen molar-refractivity contribution in [1.29, 1.82) is 0 Å². The van der Waals surface area contributed by atoms with Crippen LogP contribution in [-0.2, 0) is 14.3 Å². The minimum absolute atomic E-state index is 0.0362. The lowest BCUT2D eigenvalue weighted by Gasteiger charge is -2.26. The van der Waals surface area contributed by atoms with Gasteiger partial charge in [-0.3, -0.25) is 14.4 Å². The summed E-state index contributed by atoms with van der Waals surface area (Å²) in [5.74, 6) is 0.616. The highest BCUT2D eigenvalue weighted by Crippen LogP contribution is 2.17. The highest BCUT2D eigenvalue weighted by molar-refractivity contribution is 8.00. The van der Waals surface area contributed by atoms with Crippen LogP contribution >= 0.6 is 11.8 Å². The van der Waals surface area contributed by atoms with Crippen LogP contribution in [-0.4, -0.2) is 67.0 Å². The number of thioether (sulfide) groups is 1. The molecule has 7 nitrogen and oxygen atoms in total. The Labute approximate surface area is 170 Å². The van der Waals surface area contributed by atoms with E-state index in [4.69, 9.17) is 4.74 Å². The van der Waals surface area contributed by atoms with E-state index in [1.54, 1.807) is 23.1 Å². The molecule has 0 spiro atoms. The number of carbonyl (C=O) groups excluding carboxylic acids is 3. The Morgan fingerprint density at radius 3 is 2.54 bits per heavy atom. The van der Waals surface area contributed by atoms with Crippen molar-refractivity contribution in [2.24, 2.45) is 5.92 Å². The number of nitrogens with zero attached hydrogens (tertiary/aromatic N) is 1. The molecule has 1 heterocycles. The third-order valence-electron chi connectivity index (χ3n) is 4.26. The molecule has 1 aliphatic heterocycles. The van der Waals surface area contributed by atoms with E-state index in [-0.39, 0.29) is 29.2 Å². The van der Waals surface area contributed by atoms with Gasteiger partial charge >= 0.3 is 0 Å². The molecule has 1 aromatic rings. The molecule has 0 bridgehead atoms. The van der Waals surface area contributed by atoms with Gasteiger partial charge in [0.05, 0.1) is 24.7 Å². The van der Waals surface area contributed by atoms with Gasteiger partial charge in [-0.1, -0.05) is 13.8 Å². The number of hydrogen-bond donors (Lipinski definition) is 2. The van der Waals surface area contributed by atoms with E-state index >= 15 is 0 Å². The molecule has 2 rings (SSSR count). The molecule has 0 aliphatic carbocycles. The maximum atomic E-state index is 12.2. The Morgan fingerprint density at radius 1 is 1.18 bits per heavy atom. The number of morpholine rings is 1. The van der Waals surface area contributed by atoms with Crippen molar-refractivity contribution in [1.82, 2.24) is 10.2 Å². The Morgan fingerprint density at radius 2 is 1.89 bits per heavy atom. The van der Waals surface area contributed by atoms with E-state index in [9.17, 15) is 14.4 Å². The van der Waals surface area contributed by atoms with Gasteiger partial charge in [-0.2, -0.15) is 0 Å². The zero-order chi connectivity index (χ0) is 20.5. The summed E-state index contributed by atoms with van der Waals surface area (Å²) in [6.07, 6.45) is 0. The molecular formula is C20H29N3O4S. The minimum Gasteiger partial charge on any atom is -0.378 e. The molecule has 1 aliphatic rings. The molecule has 3 amide bonds. The fourth-order valence-corrected chi connectivity index (χ4v) is 3.38. The van der Waals surface area contributed by atoms with Crippen LogP contribution in [0.15, 0.2) is 18.2 Å². The Hall–Kier alpha value is -2.06. The average Bonchev–Trinajstić information content (AvgIpc) is 2.68. The molecule has 1 fully saturated rings. The van der Waals surface area contributed by atoms with Crippen molar-refractivity contribution in [2.75, 3.05) is 49.7 Å². The van der Waals surface area contributed by atoms with Crippen LogP contribution in [0.2, 0.25) is 0 Å². The molecule has 1 aromatic carbocycles. The van der Waals surface area contributed by atoms with Gasteiger partial charge < -0.3 is 20.3 Å². The van der Waals surface area contributed by atoms with E-state index < -0.39 is 0 Å². The van der Waals surface area contributed by atoms with E-state index in [1.807, 2.05) is 20.8 Å². The van der Waals surface area contributed by atoms with Gasteiger partial charge in [0.2, 0.25) is 11.8 Å². The summed E-state index contributed by atoms with van der Waals surface area (Å²) in [6, 6.07) is 5.20. The van der Waals surface area contributed by atoms with Crippen molar-refractivity contribution >= 4 is 35.2 Å². The van der Waals surface area contributed by atoms with Gasteiger partial charge in [-0.15, -0.1) is 11.8 Å². The second-order valence-electron chi connectivity index (χ2n) is 7.17. The van der Waals surface area contributed by atoms with E-state index in [0.717, 1.165) is 5.56 Å². The van der Waals surface area contributed by atoms with Gasteiger partial charge in [0.25, 0.3) is 5.91 Å². The predicted octanol–water partition coefficient (Wildman–Crippen LogP) is 1.91. The zero-order valence-electron chi connectivity index (χ0n) is 16.7. The molecule has 1 saturated heterocycles. The first kappa shape index (κ1) is 22.2. The molecule has 0 atom stereocenters. The van der Waals surface area contributed by atoms with Gasteiger partial charge in [0.1, 0.15) is 0 Å². The number of amides is 3. The van der Waals surface area contributed by atoms with Crippen LogP contribution in [0.3, 0.4) is 0 Å². The summed E-state index contributed by atoms with van der Waals surface area (Å²) in [6.45, 7) is 8.92. The van der Waals surface area contributed by atoms with Crippen molar-refractivity contribution in [3.8, 4) is 0 Å². The highest BCUT2D eigenvalue weighted by atomic mass is 32.2. The largest absolute Gasteiger partial charge is 0.378 e. The molecule has 28 heavy (non-hydrogen) atoms. The number of hydrogen-bond acceptors (Lipinski definition) is 5. The summed E-state index contributed by atoms with van der Waals surface area (Å²) in [5, 5.41) is 5.72. The second-order valence-corrected chi connectivity index (χ2v) is 8.15. The van der Waals surface area contributed by atoms with Crippen molar-refractivity contribution in [2.45, 2.75) is 20.8 Å². The molecule has 2 N–H and O–H groups in total. The molecule has 0 saturated carbocycles. The van der Waals surface area contributed by atoms with Gasteiger partial charge in [0.15, 0.2) is 0 Å². The van der Waals surface area contributed by atoms with Gasteiger partial charge in [-0.05, 0) is 36.6 Å². The molecule has 0 aromatic heterocycles. The number of anilines is 1. The third-order valence-corrected chi connectivity index (χ3v) is 5.17. The van der Waals surface area contributed by atoms with Crippen molar-refractivity contribution in [3.63, 3.8) is 0 Å². The minimum atomic E-state index is -0.167. The van der Waals surface area contributed by atoms with E-state index in [1.165, 1.54) is 11.8 Å². The number of aryl methyl sites for hydroxylation is 1. The molecule has 0 unspecified atom stereocenters. The van der Waals surface area contributed by atoms with Crippen LogP contribution in [0.4, 0.5) is 5.69 Å². The number of nitrogens with one attached hydrogen (secondary N) is 2. The van der Waals surface area contributed by atoms with E-state index in [0.29, 0.717) is 50.0 Å². The van der Waals surface area contributed by atoms with Gasteiger partial charge in [-0.25, -0.2) is 0 Å². The average molecular weight is 408 g/mol. The first-order chi connectivity index (χ1) is 13.4. The first-order valence-corrected chi connectivity index (χ1v) is 10.6. The summed E-state index contributed by atoms with van der Waals surface area (Å²) in [7, 11) is 0. The van der Waals surface area contributed by atoms with Crippen molar-refractivity contribution < 1.29 is 19.1 Å². The van der Waals surface area contributed by atoms with Gasteiger partial charge in [0, 0.05) is 30.9 Å². The predicted molar refractivity (Wildman–Crippen MR) is 112 cm³/mol. The normalized spacial score (nSPS) is 14.1. The maximum Gasteiger partial charge on any atom is 0.251 e. The third kappa shape index (κ3) is 7.16. The molecule has 8 heteroatoms. The molecule has 0 radical (unpaired) electrons. The monoisotopic (exact) mass is 407 g/mol. The Kier molecular flexibility index (Phi) is 8.79. The summed E-state index contributed by atoms with van der Waals surface area (Å²) >= 11 is 1.30. The lowest BCUT2D eigenvalue weighted by atomic mass is 10.1. The van der Waals surface area contributed by atoms with Crippen LogP contribution in [0.1, 0.15) is 29.8 Å². The summed E-state index contributed by atoms with van der Waals surface area (Å²) in [5.41, 5.74) is 2.06. The number of ether oxygens (including phenoxy) is 1. The Bertz CT molecular complexity index is 703. The fourth-order valence-electron chi connectivity index (χ4n) is 2.67. The topological polar surface area (TPSA) is 87.7 Å². The SMILES string of the molecule is Cc1cc(C(=O)NCC(C)C)ccc1NC(=O)CSCC(=O)N1CCOCC1. The highest BCUT2D eigenvalue weighted by Gasteiger charge is 2.17. The number of benzene rings is 1. The standard InChI is InChI=1S/C20H29N3O4S/c1-14(2)11-21-20(26)16-4-5-17(15(3)10-16)22-18(24)12-28-13-19(25)23-6-8-27-9-7-23/h4-5,10,14H,6-9,11-13H2,1-3H3,(H,21,26)(H,22,24). The second kappa shape index (κ2) is 11.1. The van der Waals surface area contributed by atoms with Crippen LogP contribution in [0.5, 0.6) is 0 Å². The zero-order valence-corrected chi connectivity index (χ0v) is 17.6. The van der Waals surface area contributed by atoms with Crippen LogP contribution in [0, 0.1) is 12.8 Å². The van der Waals surface area contributed by atoms with Crippen molar-refractivity contribution in [3.05, 3.63) is 29.3 Å². The quantitative estimate of drug-likeness (QED) is 0.687. The molecule has 154 valence electrons.